The third kappa shape index (κ3) is 2.05. The molecule has 1 heterocycles. The van der Waals surface area contributed by atoms with Crippen LogP contribution < -0.4 is 0 Å². The molecule has 0 amide bonds. The third-order valence-corrected chi connectivity index (χ3v) is 3.26. The van der Waals surface area contributed by atoms with Crippen LogP contribution in [0.15, 0.2) is 0 Å². The van der Waals surface area contributed by atoms with Crippen molar-refractivity contribution in [3.63, 3.8) is 0 Å². The lowest BCUT2D eigenvalue weighted by atomic mass is 10.0. The van der Waals surface area contributed by atoms with Gasteiger partial charge in [0.15, 0.2) is 4.77 Å². The quantitative estimate of drug-likeness (QED) is 0.780. The molecule has 1 aromatic heterocycles. The van der Waals surface area contributed by atoms with Gasteiger partial charge in [-0.05, 0) is 25.1 Å². The monoisotopic (exact) mass is 213 g/mol. The van der Waals surface area contributed by atoms with Crippen molar-refractivity contribution in [2.24, 2.45) is 5.92 Å². The maximum Gasteiger partial charge on any atom is 0.195 e. The average molecular weight is 213 g/mol. The minimum Gasteiger partial charge on any atom is -0.301 e. The first-order valence-electron chi connectivity index (χ1n) is 5.27. The van der Waals surface area contributed by atoms with E-state index in [2.05, 4.69) is 42.5 Å². The minimum absolute atomic E-state index is 0.432. The Labute approximate surface area is 90.5 Å². The number of rotatable bonds is 4. The molecular formula is C10H19N3S. The van der Waals surface area contributed by atoms with Crippen molar-refractivity contribution in [3.05, 3.63) is 10.6 Å². The van der Waals surface area contributed by atoms with Crippen LogP contribution in [0.5, 0.6) is 0 Å². The van der Waals surface area contributed by atoms with Gasteiger partial charge in [-0.1, -0.05) is 27.2 Å². The van der Waals surface area contributed by atoms with Gasteiger partial charge in [-0.2, -0.15) is 5.10 Å². The summed E-state index contributed by atoms with van der Waals surface area (Å²) in [5, 5.41) is 7.08. The first-order chi connectivity index (χ1) is 6.61. The van der Waals surface area contributed by atoms with Gasteiger partial charge >= 0.3 is 0 Å². The zero-order valence-corrected chi connectivity index (χ0v) is 10.2. The molecule has 0 aliphatic carbocycles. The molecule has 2 unspecified atom stereocenters. The van der Waals surface area contributed by atoms with Crippen molar-refractivity contribution in [3.8, 4) is 0 Å². The Balaban J connectivity index is 3.04. The summed E-state index contributed by atoms with van der Waals surface area (Å²) >= 11 is 5.23. The smallest absolute Gasteiger partial charge is 0.195 e. The molecule has 0 aliphatic heterocycles. The predicted molar refractivity (Wildman–Crippen MR) is 61.0 cm³/mol. The van der Waals surface area contributed by atoms with Gasteiger partial charge in [0.2, 0.25) is 0 Å². The van der Waals surface area contributed by atoms with Crippen LogP contribution in [0.1, 0.15) is 46.0 Å². The summed E-state index contributed by atoms with van der Waals surface area (Å²) in [5.41, 5.74) is 0. The summed E-state index contributed by atoms with van der Waals surface area (Å²) in [4.78, 5) is 0. The average Bonchev–Trinajstić information content (AvgIpc) is 2.57. The van der Waals surface area contributed by atoms with Crippen LogP contribution in [-0.2, 0) is 6.42 Å². The van der Waals surface area contributed by atoms with Crippen LogP contribution in [0.3, 0.4) is 0 Å². The van der Waals surface area contributed by atoms with Crippen LogP contribution in [0, 0.1) is 10.7 Å². The lowest BCUT2D eigenvalue weighted by Gasteiger charge is -2.20. The SMILES string of the molecule is CCc1n[nH]c(=S)n1C(C)C(C)CC. The Morgan fingerprint density at radius 3 is 2.57 bits per heavy atom. The molecule has 0 aliphatic rings. The number of H-pyrrole nitrogens is 1. The zero-order chi connectivity index (χ0) is 10.7. The first-order valence-corrected chi connectivity index (χ1v) is 5.68. The van der Waals surface area contributed by atoms with Crippen molar-refractivity contribution in [1.82, 2.24) is 14.8 Å². The fourth-order valence-electron chi connectivity index (χ4n) is 1.60. The number of hydrogen-bond acceptors (Lipinski definition) is 2. The van der Waals surface area contributed by atoms with E-state index in [1.54, 1.807) is 0 Å². The number of hydrogen-bond donors (Lipinski definition) is 1. The van der Waals surface area contributed by atoms with E-state index >= 15 is 0 Å². The van der Waals surface area contributed by atoms with Gasteiger partial charge in [0.25, 0.3) is 0 Å². The highest BCUT2D eigenvalue weighted by Crippen LogP contribution is 2.21. The lowest BCUT2D eigenvalue weighted by Crippen LogP contribution is -2.16. The molecule has 0 spiro atoms. The highest BCUT2D eigenvalue weighted by molar-refractivity contribution is 7.71. The van der Waals surface area contributed by atoms with Gasteiger partial charge in [-0.25, -0.2) is 0 Å². The third-order valence-electron chi connectivity index (χ3n) is 2.97. The minimum atomic E-state index is 0.432. The van der Waals surface area contributed by atoms with E-state index in [9.17, 15) is 0 Å². The van der Waals surface area contributed by atoms with E-state index in [0.717, 1.165) is 23.4 Å². The van der Waals surface area contributed by atoms with Crippen molar-refractivity contribution < 1.29 is 0 Å². The maximum absolute atomic E-state index is 5.23. The molecule has 80 valence electrons. The van der Waals surface area contributed by atoms with Crippen molar-refractivity contribution in [2.75, 3.05) is 0 Å². The molecule has 0 bridgehead atoms. The fraction of sp³-hybridized carbons (Fsp3) is 0.800. The molecule has 0 radical (unpaired) electrons. The van der Waals surface area contributed by atoms with Crippen LogP contribution in [0.4, 0.5) is 0 Å². The first kappa shape index (κ1) is 11.4. The number of aromatic amines is 1. The predicted octanol–water partition coefficient (Wildman–Crippen LogP) is 3.11. The van der Waals surface area contributed by atoms with Crippen molar-refractivity contribution in [2.45, 2.75) is 46.6 Å². The zero-order valence-electron chi connectivity index (χ0n) is 9.37. The standard InChI is InChI=1S/C10H19N3S/c1-5-7(3)8(4)13-9(6-2)11-12-10(13)14/h7-8H,5-6H2,1-4H3,(H,12,14). The van der Waals surface area contributed by atoms with E-state index in [1.807, 2.05) is 0 Å². The maximum atomic E-state index is 5.23. The van der Waals surface area contributed by atoms with Crippen molar-refractivity contribution in [1.29, 1.82) is 0 Å². The summed E-state index contributed by atoms with van der Waals surface area (Å²) in [6.07, 6.45) is 2.09. The molecule has 3 nitrogen and oxygen atoms in total. The second kappa shape index (κ2) is 4.73. The number of nitrogens with zero attached hydrogens (tertiary/aromatic N) is 2. The molecule has 0 saturated heterocycles. The number of nitrogens with one attached hydrogen (secondary N) is 1. The Kier molecular flexibility index (Phi) is 3.86. The normalized spacial score (nSPS) is 15.4. The molecule has 0 aromatic carbocycles. The second-order valence-electron chi connectivity index (χ2n) is 3.79. The molecule has 1 rings (SSSR count). The number of aryl methyl sites for hydroxylation is 1. The van der Waals surface area contributed by atoms with E-state index < -0.39 is 0 Å². The van der Waals surface area contributed by atoms with Gasteiger partial charge in [0.1, 0.15) is 5.82 Å². The molecule has 2 atom stereocenters. The second-order valence-corrected chi connectivity index (χ2v) is 4.18. The largest absolute Gasteiger partial charge is 0.301 e. The lowest BCUT2D eigenvalue weighted by molar-refractivity contribution is 0.359. The molecular weight excluding hydrogens is 194 g/mol. The highest BCUT2D eigenvalue weighted by atomic mass is 32.1. The molecule has 14 heavy (non-hydrogen) atoms. The summed E-state index contributed by atoms with van der Waals surface area (Å²) in [6.45, 7) is 8.76. The summed E-state index contributed by atoms with van der Waals surface area (Å²) < 4.78 is 2.89. The van der Waals surface area contributed by atoms with Crippen LogP contribution in [0.2, 0.25) is 0 Å². The Morgan fingerprint density at radius 1 is 1.43 bits per heavy atom. The van der Waals surface area contributed by atoms with E-state index in [-0.39, 0.29) is 0 Å². The fourth-order valence-corrected chi connectivity index (χ4v) is 1.92. The molecule has 1 aromatic rings. The van der Waals surface area contributed by atoms with Gasteiger partial charge in [-0.3, -0.25) is 5.10 Å². The van der Waals surface area contributed by atoms with Crippen molar-refractivity contribution >= 4 is 12.2 Å². The number of aromatic nitrogens is 3. The van der Waals surface area contributed by atoms with E-state index in [0.29, 0.717) is 12.0 Å². The highest BCUT2D eigenvalue weighted by Gasteiger charge is 2.16. The Bertz CT molecular complexity index is 339. The Morgan fingerprint density at radius 2 is 2.07 bits per heavy atom. The Hall–Kier alpha value is -0.640. The van der Waals surface area contributed by atoms with Crippen LogP contribution in [0.25, 0.3) is 0 Å². The topological polar surface area (TPSA) is 33.6 Å². The summed E-state index contributed by atoms with van der Waals surface area (Å²) in [5.74, 6) is 1.69. The van der Waals surface area contributed by atoms with Gasteiger partial charge in [0, 0.05) is 12.5 Å². The van der Waals surface area contributed by atoms with Crippen LogP contribution in [-0.4, -0.2) is 14.8 Å². The molecule has 4 heteroatoms. The van der Waals surface area contributed by atoms with Gasteiger partial charge in [0.05, 0.1) is 0 Å². The van der Waals surface area contributed by atoms with E-state index in [1.165, 1.54) is 0 Å². The van der Waals surface area contributed by atoms with Gasteiger partial charge in [-0.15, -0.1) is 0 Å². The summed E-state index contributed by atoms with van der Waals surface area (Å²) in [7, 11) is 0. The summed E-state index contributed by atoms with van der Waals surface area (Å²) in [6, 6.07) is 0.432. The molecule has 1 N–H and O–H groups in total. The molecule has 0 saturated carbocycles. The molecule has 0 fully saturated rings. The van der Waals surface area contributed by atoms with E-state index in [4.69, 9.17) is 12.2 Å². The van der Waals surface area contributed by atoms with Gasteiger partial charge < -0.3 is 4.57 Å². The van der Waals surface area contributed by atoms with Crippen LogP contribution >= 0.6 is 12.2 Å².